The standard InChI is InChI=1S/C19H24O/c1-13-9-10-17(20-13)19(5)11-14-7-6-8-16(15(14)12-19)18(2,3)4/h6-10H,11-12H2,1-5H3. The van der Waals surface area contributed by atoms with E-state index in [1.54, 1.807) is 0 Å². The Labute approximate surface area is 122 Å². The van der Waals surface area contributed by atoms with Crippen LogP contribution in [0.25, 0.3) is 0 Å². The predicted molar refractivity (Wildman–Crippen MR) is 83.3 cm³/mol. The lowest BCUT2D eigenvalue weighted by Crippen LogP contribution is -2.22. The van der Waals surface area contributed by atoms with Gasteiger partial charge in [-0.05, 0) is 54.0 Å². The van der Waals surface area contributed by atoms with E-state index >= 15 is 0 Å². The van der Waals surface area contributed by atoms with Gasteiger partial charge < -0.3 is 4.42 Å². The van der Waals surface area contributed by atoms with Crippen molar-refractivity contribution in [3.8, 4) is 0 Å². The van der Waals surface area contributed by atoms with Crippen molar-refractivity contribution >= 4 is 0 Å². The van der Waals surface area contributed by atoms with E-state index in [2.05, 4.69) is 58.0 Å². The molecule has 20 heavy (non-hydrogen) atoms. The summed E-state index contributed by atoms with van der Waals surface area (Å²) in [6.07, 6.45) is 2.17. The summed E-state index contributed by atoms with van der Waals surface area (Å²) in [7, 11) is 0. The largest absolute Gasteiger partial charge is 0.466 e. The van der Waals surface area contributed by atoms with E-state index in [0.29, 0.717) is 0 Å². The molecule has 1 nitrogen and oxygen atoms in total. The van der Waals surface area contributed by atoms with Crippen LogP contribution in [-0.4, -0.2) is 0 Å². The van der Waals surface area contributed by atoms with Crippen molar-refractivity contribution in [3.63, 3.8) is 0 Å². The topological polar surface area (TPSA) is 13.1 Å². The molecule has 106 valence electrons. The van der Waals surface area contributed by atoms with Crippen LogP contribution in [0.4, 0.5) is 0 Å². The van der Waals surface area contributed by atoms with Gasteiger partial charge in [-0.15, -0.1) is 0 Å². The third-order valence-corrected chi connectivity index (χ3v) is 4.56. The Morgan fingerprint density at radius 1 is 1.05 bits per heavy atom. The molecule has 1 aliphatic rings. The van der Waals surface area contributed by atoms with Crippen LogP contribution >= 0.6 is 0 Å². The van der Waals surface area contributed by atoms with Crippen LogP contribution in [0.15, 0.2) is 34.7 Å². The summed E-state index contributed by atoms with van der Waals surface area (Å²) in [6, 6.07) is 11.0. The number of fused-ring (bicyclic) bond motifs is 1. The average molecular weight is 268 g/mol. The van der Waals surface area contributed by atoms with Crippen LogP contribution in [0.3, 0.4) is 0 Å². The molecule has 1 unspecified atom stereocenters. The molecule has 0 saturated carbocycles. The van der Waals surface area contributed by atoms with Crippen molar-refractivity contribution in [3.05, 3.63) is 58.5 Å². The van der Waals surface area contributed by atoms with E-state index in [4.69, 9.17) is 4.42 Å². The van der Waals surface area contributed by atoms with E-state index in [-0.39, 0.29) is 10.8 Å². The van der Waals surface area contributed by atoms with Gasteiger partial charge in [-0.1, -0.05) is 45.9 Å². The van der Waals surface area contributed by atoms with Crippen LogP contribution < -0.4 is 0 Å². The van der Waals surface area contributed by atoms with E-state index in [1.807, 2.05) is 6.92 Å². The molecule has 1 atom stereocenters. The molecule has 0 N–H and O–H groups in total. The Morgan fingerprint density at radius 2 is 1.80 bits per heavy atom. The van der Waals surface area contributed by atoms with E-state index in [9.17, 15) is 0 Å². The lowest BCUT2D eigenvalue weighted by atomic mass is 9.80. The molecule has 0 spiro atoms. The molecule has 2 aromatic rings. The Hall–Kier alpha value is -1.50. The maximum Gasteiger partial charge on any atom is 0.110 e. The first kappa shape index (κ1) is 13.5. The molecule has 3 rings (SSSR count). The van der Waals surface area contributed by atoms with Gasteiger partial charge in [0.25, 0.3) is 0 Å². The van der Waals surface area contributed by atoms with Crippen LogP contribution in [0.1, 0.15) is 55.9 Å². The fourth-order valence-electron chi connectivity index (χ4n) is 3.52. The van der Waals surface area contributed by atoms with E-state index in [0.717, 1.165) is 24.4 Å². The molecule has 1 aromatic carbocycles. The summed E-state index contributed by atoms with van der Waals surface area (Å²) in [4.78, 5) is 0. The number of rotatable bonds is 1. The Morgan fingerprint density at radius 3 is 2.40 bits per heavy atom. The number of hydrogen-bond acceptors (Lipinski definition) is 1. The smallest absolute Gasteiger partial charge is 0.110 e. The number of aryl methyl sites for hydroxylation is 1. The molecule has 1 heteroatoms. The van der Waals surface area contributed by atoms with Crippen LogP contribution in [-0.2, 0) is 23.7 Å². The fourth-order valence-corrected chi connectivity index (χ4v) is 3.52. The highest BCUT2D eigenvalue weighted by Gasteiger charge is 2.39. The highest BCUT2D eigenvalue weighted by atomic mass is 16.3. The molecule has 1 aliphatic carbocycles. The minimum Gasteiger partial charge on any atom is -0.466 e. The maximum absolute atomic E-state index is 5.93. The van der Waals surface area contributed by atoms with Crippen molar-refractivity contribution in [1.82, 2.24) is 0 Å². The fraction of sp³-hybridized carbons (Fsp3) is 0.474. The maximum atomic E-state index is 5.93. The highest BCUT2D eigenvalue weighted by molar-refractivity contribution is 5.46. The van der Waals surface area contributed by atoms with Gasteiger partial charge in [0.2, 0.25) is 0 Å². The monoisotopic (exact) mass is 268 g/mol. The van der Waals surface area contributed by atoms with Crippen molar-refractivity contribution < 1.29 is 4.42 Å². The normalized spacial score (nSPS) is 22.1. The summed E-state index contributed by atoms with van der Waals surface area (Å²) in [5, 5.41) is 0. The van der Waals surface area contributed by atoms with Gasteiger partial charge in [0.15, 0.2) is 0 Å². The molecule has 0 bridgehead atoms. The summed E-state index contributed by atoms with van der Waals surface area (Å²) in [5.74, 6) is 2.14. The predicted octanol–water partition coefficient (Wildman–Crippen LogP) is 4.94. The third-order valence-electron chi connectivity index (χ3n) is 4.56. The highest BCUT2D eigenvalue weighted by Crippen LogP contribution is 2.43. The first-order valence-electron chi connectivity index (χ1n) is 7.48. The molecule has 0 saturated heterocycles. The molecule has 0 fully saturated rings. The average Bonchev–Trinajstić information content (AvgIpc) is 2.90. The van der Waals surface area contributed by atoms with Crippen LogP contribution in [0, 0.1) is 6.92 Å². The zero-order chi connectivity index (χ0) is 14.5. The Bertz CT molecular complexity index is 642. The zero-order valence-corrected chi connectivity index (χ0v) is 13.2. The summed E-state index contributed by atoms with van der Waals surface area (Å²) in [6.45, 7) is 11.3. The molecule has 0 aliphatic heterocycles. The van der Waals surface area contributed by atoms with Crippen molar-refractivity contribution in [2.75, 3.05) is 0 Å². The third kappa shape index (κ3) is 2.09. The number of benzene rings is 1. The first-order chi connectivity index (χ1) is 9.29. The summed E-state index contributed by atoms with van der Waals surface area (Å²) >= 11 is 0. The van der Waals surface area contributed by atoms with Crippen molar-refractivity contribution in [1.29, 1.82) is 0 Å². The molecule has 0 amide bonds. The van der Waals surface area contributed by atoms with Crippen molar-refractivity contribution in [2.45, 2.75) is 58.3 Å². The molecular weight excluding hydrogens is 244 g/mol. The minimum atomic E-state index is 0.109. The minimum absolute atomic E-state index is 0.109. The SMILES string of the molecule is Cc1ccc(C2(C)Cc3cccc(C(C)(C)C)c3C2)o1. The van der Waals surface area contributed by atoms with E-state index < -0.39 is 0 Å². The first-order valence-corrected chi connectivity index (χ1v) is 7.48. The molecular formula is C19H24O. The van der Waals surface area contributed by atoms with E-state index in [1.165, 1.54) is 16.7 Å². The van der Waals surface area contributed by atoms with Crippen molar-refractivity contribution in [2.24, 2.45) is 0 Å². The van der Waals surface area contributed by atoms with Crippen LogP contribution in [0.5, 0.6) is 0 Å². The van der Waals surface area contributed by atoms with Gasteiger partial charge in [-0.25, -0.2) is 0 Å². The lowest BCUT2D eigenvalue weighted by molar-refractivity contribution is 0.361. The van der Waals surface area contributed by atoms with Gasteiger partial charge >= 0.3 is 0 Å². The summed E-state index contributed by atoms with van der Waals surface area (Å²) in [5.41, 5.74) is 4.83. The van der Waals surface area contributed by atoms with Gasteiger partial charge in [-0.3, -0.25) is 0 Å². The van der Waals surface area contributed by atoms with Gasteiger partial charge in [0.1, 0.15) is 11.5 Å². The second-order valence-electron chi connectivity index (χ2n) is 7.52. The Balaban J connectivity index is 2.04. The van der Waals surface area contributed by atoms with Gasteiger partial charge in [0, 0.05) is 5.41 Å². The Kier molecular flexibility index (Phi) is 2.86. The number of hydrogen-bond donors (Lipinski definition) is 0. The molecule has 1 aromatic heterocycles. The zero-order valence-electron chi connectivity index (χ0n) is 13.2. The van der Waals surface area contributed by atoms with Gasteiger partial charge in [-0.2, -0.15) is 0 Å². The lowest BCUT2D eigenvalue weighted by Gasteiger charge is -2.24. The quantitative estimate of drug-likeness (QED) is 0.714. The second-order valence-corrected chi connectivity index (χ2v) is 7.52. The number of furan rings is 1. The van der Waals surface area contributed by atoms with Crippen LogP contribution in [0.2, 0.25) is 0 Å². The van der Waals surface area contributed by atoms with Gasteiger partial charge in [0.05, 0.1) is 0 Å². The molecule has 1 heterocycles. The summed E-state index contributed by atoms with van der Waals surface area (Å²) < 4.78 is 5.93. The second kappa shape index (κ2) is 4.25. The molecule has 0 radical (unpaired) electrons.